The molecule has 0 fully saturated rings. The van der Waals surface area contributed by atoms with E-state index in [1.807, 2.05) is 42.5 Å². The Bertz CT molecular complexity index is 790. The molecule has 6 heteroatoms. The average Bonchev–Trinajstić information content (AvgIpc) is 2.67. The number of ether oxygens (including phenoxy) is 3. The third-order valence-electron chi connectivity index (χ3n) is 3.56. The normalized spacial score (nSPS) is 10.2. The molecule has 0 unspecified atom stereocenters. The van der Waals surface area contributed by atoms with E-state index >= 15 is 0 Å². The molecule has 6 nitrogen and oxygen atoms in total. The van der Waals surface area contributed by atoms with Crippen molar-refractivity contribution < 1.29 is 28.6 Å². The number of fused-ring (bicyclic) bond motifs is 1. The molecule has 0 saturated carbocycles. The molecule has 0 spiro atoms. The molecule has 0 bridgehead atoms. The fourth-order valence-corrected chi connectivity index (χ4v) is 2.28. The minimum Gasteiger partial charge on any atom is -0.462 e. The van der Waals surface area contributed by atoms with Gasteiger partial charge in [0.15, 0.2) is 0 Å². The van der Waals surface area contributed by atoms with Crippen molar-refractivity contribution in [2.24, 2.45) is 0 Å². The lowest BCUT2D eigenvalue weighted by Crippen LogP contribution is -2.14. The Morgan fingerprint density at radius 1 is 0.846 bits per heavy atom. The minimum atomic E-state index is -0.585. The molecule has 2 aromatic rings. The quantitative estimate of drug-likeness (QED) is 0.297. The first-order valence-corrected chi connectivity index (χ1v) is 8.17. The molecule has 0 N–H and O–H groups in total. The number of rotatable bonds is 9. The molecular formula is C20H20O6. The number of carbonyl (C=O) groups is 3. The maximum absolute atomic E-state index is 11.8. The predicted molar refractivity (Wildman–Crippen MR) is 95.1 cm³/mol. The van der Waals surface area contributed by atoms with Crippen molar-refractivity contribution in [2.45, 2.75) is 19.4 Å². The summed E-state index contributed by atoms with van der Waals surface area (Å²) in [6, 6.07) is 13.6. The van der Waals surface area contributed by atoms with E-state index in [-0.39, 0.29) is 32.7 Å². The van der Waals surface area contributed by atoms with Gasteiger partial charge in [-0.1, -0.05) is 49.0 Å². The summed E-state index contributed by atoms with van der Waals surface area (Å²) in [5, 5.41) is 2.10. The van der Waals surface area contributed by atoms with Crippen LogP contribution in [0.15, 0.2) is 55.1 Å². The molecule has 0 saturated heterocycles. The van der Waals surface area contributed by atoms with Crippen molar-refractivity contribution in [3.63, 3.8) is 0 Å². The van der Waals surface area contributed by atoms with Crippen LogP contribution in [0, 0.1) is 0 Å². The zero-order valence-corrected chi connectivity index (χ0v) is 14.3. The van der Waals surface area contributed by atoms with Gasteiger partial charge in [-0.15, -0.1) is 0 Å². The van der Waals surface area contributed by atoms with E-state index in [1.54, 1.807) is 0 Å². The van der Waals surface area contributed by atoms with Crippen molar-refractivity contribution >= 4 is 28.7 Å². The van der Waals surface area contributed by atoms with Crippen LogP contribution in [0.4, 0.5) is 0 Å². The molecule has 0 aliphatic carbocycles. The smallest absolute Gasteiger partial charge is 0.330 e. The van der Waals surface area contributed by atoms with Crippen molar-refractivity contribution in [3.05, 3.63) is 60.7 Å². The van der Waals surface area contributed by atoms with Gasteiger partial charge in [-0.3, -0.25) is 9.59 Å². The standard InChI is InChI=1S/C20H20O6/c1-2-18(21)24-12-13-25-19(22)10-11-20(23)26-14-16-8-5-7-15-6-3-4-9-17(15)16/h2-9H,1,10-14H2. The van der Waals surface area contributed by atoms with Crippen LogP contribution in [0.2, 0.25) is 0 Å². The summed E-state index contributed by atoms with van der Waals surface area (Å²) in [4.78, 5) is 34.1. The van der Waals surface area contributed by atoms with Crippen LogP contribution in [-0.2, 0) is 35.2 Å². The third-order valence-corrected chi connectivity index (χ3v) is 3.56. The Hall–Kier alpha value is -3.15. The Kier molecular flexibility index (Phi) is 7.36. The second kappa shape index (κ2) is 9.98. The summed E-state index contributed by atoms with van der Waals surface area (Å²) in [6.45, 7) is 3.27. The van der Waals surface area contributed by atoms with E-state index in [0.717, 1.165) is 22.4 Å². The number of benzene rings is 2. The number of carbonyl (C=O) groups excluding carboxylic acids is 3. The number of hydrogen-bond acceptors (Lipinski definition) is 6. The molecular weight excluding hydrogens is 336 g/mol. The lowest BCUT2D eigenvalue weighted by molar-refractivity contribution is -0.153. The van der Waals surface area contributed by atoms with Crippen molar-refractivity contribution in [2.75, 3.05) is 13.2 Å². The van der Waals surface area contributed by atoms with Crippen LogP contribution < -0.4 is 0 Å². The number of esters is 3. The molecule has 0 atom stereocenters. The third kappa shape index (κ3) is 6.05. The van der Waals surface area contributed by atoms with Gasteiger partial charge in [0.1, 0.15) is 19.8 Å². The zero-order chi connectivity index (χ0) is 18.8. The van der Waals surface area contributed by atoms with E-state index < -0.39 is 17.9 Å². The van der Waals surface area contributed by atoms with Crippen LogP contribution in [0.25, 0.3) is 10.8 Å². The zero-order valence-electron chi connectivity index (χ0n) is 14.3. The summed E-state index contributed by atoms with van der Waals surface area (Å²) in [6.07, 6.45) is 0.855. The van der Waals surface area contributed by atoms with Gasteiger partial charge in [0.25, 0.3) is 0 Å². The predicted octanol–water partition coefficient (Wildman–Crippen LogP) is 2.94. The first kappa shape index (κ1) is 19.2. The molecule has 0 radical (unpaired) electrons. The first-order valence-electron chi connectivity index (χ1n) is 8.17. The van der Waals surface area contributed by atoms with E-state index in [2.05, 4.69) is 11.3 Å². The van der Waals surface area contributed by atoms with Crippen molar-refractivity contribution in [3.8, 4) is 0 Å². The summed E-state index contributed by atoms with van der Waals surface area (Å²) in [5.74, 6) is -1.62. The highest BCUT2D eigenvalue weighted by Gasteiger charge is 2.10. The Balaban J connectivity index is 1.69. The van der Waals surface area contributed by atoms with Gasteiger partial charge >= 0.3 is 17.9 Å². The first-order chi connectivity index (χ1) is 12.6. The monoisotopic (exact) mass is 356 g/mol. The van der Waals surface area contributed by atoms with Gasteiger partial charge in [0, 0.05) is 6.08 Å². The van der Waals surface area contributed by atoms with Crippen molar-refractivity contribution in [1.82, 2.24) is 0 Å². The molecule has 26 heavy (non-hydrogen) atoms. The van der Waals surface area contributed by atoms with Crippen molar-refractivity contribution in [1.29, 1.82) is 0 Å². The molecule has 136 valence electrons. The topological polar surface area (TPSA) is 78.9 Å². The fraction of sp³-hybridized carbons (Fsp3) is 0.250. The molecule has 0 amide bonds. The van der Waals surface area contributed by atoms with Crippen LogP contribution >= 0.6 is 0 Å². The van der Waals surface area contributed by atoms with E-state index in [0.29, 0.717) is 0 Å². The maximum atomic E-state index is 11.8. The SMILES string of the molecule is C=CC(=O)OCCOC(=O)CCC(=O)OCc1cccc2ccccc12. The minimum absolute atomic E-state index is 0.0535. The molecule has 2 rings (SSSR count). The van der Waals surface area contributed by atoms with Gasteiger partial charge in [-0.2, -0.15) is 0 Å². The molecule has 0 heterocycles. The van der Waals surface area contributed by atoms with Gasteiger partial charge in [0.05, 0.1) is 12.8 Å². The summed E-state index contributed by atoms with van der Waals surface area (Å²) >= 11 is 0. The second-order valence-corrected chi connectivity index (χ2v) is 5.39. The van der Waals surface area contributed by atoms with Crippen LogP contribution in [0.3, 0.4) is 0 Å². The number of hydrogen-bond donors (Lipinski definition) is 0. The highest BCUT2D eigenvalue weighted by Crippen LogP contribution is 2.19. The Labute approximate surface area is 151 Å². The van der Waals surface area contributed by atoms with Crippen LogP contribution in [0.1, 0.15) is 18.4 Å². The summed E-state index contributed by atoms with van der Waals surface area (Å²) < 4.78 is 14.7. The van der Waals surface area contributed by atoms with Gasteiger partial charge in [-0.05, 0) is 16.3 Å². The van der Waals surface area contributed by atoms with E-state index in [1.165, 1.54) is 0 Å². The lowest BCUT2D eigenvalue weighted by atomic mass is 10.1. The molecule has 0 aliphatic rings. The maximum Gasteiger partial charge on any atom is 0.330 e. The average molecular weight is 356 g/mol. The van der Waals surface area contributed by atoms with Gasteiger partial charge in [0.2, 0.25) is 0 Å². The van der Waals surface area contributed by atoms with Crippen LogP contribution in [0.5, 0.6) is 0 Å². The largest absolute Gasteiger partial charge is 0.462 e. The molecule has 2 aromatic carbocycles. The fourth-order valence-electron chi connectivity index (χ4n) is 2.28. The molecule has 0 aromatic heterocycles. The van der Waals surface area contributed by atoms with E-state index in [9.17, 15) is 14.4 Å². The lowest BCUT2D eigenvalue weighted by Gasteiger charge is -2.08. The summed E-state index contributed by atoms with van der Waals surface area (Å²) in [5.41, 5.74) is 0.906. The highest BCUT2D eigenvalue weighted by atomic mass is 16.6. The Morgan fingerprint density at radius 2 is 1.50 bits per heavy atom. The van der Waals surface area contributed by atoms with Gasteiger partial charge in [-0.25, -0.2) is 4.79 Å². The highest BCUT2D eigenvalue weighted by molar-refractivity contribution is 5.86. The Morgan fingerprint density at radius 3 is 2.27 bits per heavy atom. The summed E-state index contributed by atoms with van der Waals surface area (Å²) in [7, 11) is 0. The van der Waals surface area contributed by atoms with Crippen LogP contribution in [-0.4, -0.2) is 31.1 Å². The molecule has 0 aliphatic heterocycles. The second-order valence-electron chi connectivity index (χ2n) is 5.39. The van der Waals surface area contributed by atoms with E-state index in [4.69, 9.17) is 9.47 Å². The van der Waals surface area contributed by atoms with Gasteiger partial charge < -0.3 is 14.2 Å².